The Kier molecular flexibility index (Phi) is 5.62. The maximum atomic E-state index is 12.4. The van der Waals surface area contributed by atoms with Crippen molar-refractivity contribution in [3.05, 3.63) is 53.9 Å². The number of terminal acetylenes is 1. The van der Waals surface area contributed by atoms with Gasteiger partial charge in [0.1, 0.15) is 5.82 Å². The molecule has 0 atom stereocenters. The number of hydrogen-bond acceptors (Lipinski definition) is 4. The van der Waals surface area contributed by atoms with E-state index in [0.29, 0.717) is 36.6 Å². The molecular weight excluding hydrogens is 342 g/mol. The first-order chi connectivity index (χ1) is 13.2. The van der Waals surface area contributed by atoms with Crippen molar-refractivity contribution >= 4 is 16.9 Å². The Morgan fingerprint density at radius 3 is 2.70 bits per heavy atom. The minimum Gasteiger partial charge on any atom is -0.493 e. The molecule has 6 heteroatoms. The summed E-state index contributed by atoms with van der Waals surface area (Å²) in [5, 5.41) is 2.91. The third kappa shape index (κ3) is 3.87. The second kappa shape index (κ2) is 8.28. The van der Waals surface area contributed by atoms with Crippen molar-refractivity contribution in [2.75, 3.05) is 20.8 Å². The van der Waals surface area contributed by atoms with Gasteiger partial charge in [-0.25, -0.2) is 4.98 Å². The van der Waals surface area contributed by atoms with Crippen molar-refractivity contribution < 1.29 is 14.3 Å². The molecule has 27 heavy (non-hydrogen) atoms. The molecule has 1 amide bonds. The summed E-state index contributed by atoms with van der Waals surface area (Å²) in [5.74, 6) is 4.42. The van der Waals surface area contributed by atoms with Crippen molar-refractivity contribution in [2.45, 2.75) is 13.0 Å². The highest BCUT2D eigenvalue weighted by atomic mass is 16.5. The fraction of sp³-hybridized carbons (Fsp3) is 0.238. The first-order valence-electron chi connectivity index (χ1n) is 8.55. The molecule has 0 spiro atoms. The molecule has 1 heterocycles. The molecule has 0 aliphatic rings. The van der Waals surface area contributed by atoms with Crippen LogP contribution in [0.15, 0.2) is 42.5 Å². The largest absolute Gasteiger partial charge is 0.493 e. The molecule has 0 saturated heterocycles. The van der Waals surface area contributed by atoms with Crippen LogP contribution in [0.5, 0.6) is 11.5 Å². The molecule has 0 saturated carbocycles. The van der Waals surface area contributed by atoms with Gasteiger partial charge in [-0.15, -0.1) is 6.42 Å². The van der Waals surface area contributed by atoms with E-state index >= 15 is 0 Å². The van der Waals surface area contributed by atoms with E-state index in [1.54, 1.807) is 25.3 Å². The number of amides is 1. The topological polar surface area (TPSA) is 65.4 Å². The van der Waals surface area contributed by atoms with Crippen LogP contribution in [0, 0.1) is 12.3 Å². The molecule has 138 valence electrons. The molecule has 0 unspecified atom stereocenters. The number of methoxy groups -OCH3 is 2. The summed E-state index contributed by atoms with van der Waals surface area (Å²) in [6.07, 6.45) is 6.07. The maximum absolute atomic E-state index is 12.4. The number of nitrogens with zero attached hydrogens (tertiary/aromatic N) is 2. The van der Waals surface area contributed by atoms with Crippen LogP contribution in [0.1, 0.15) is 16.2 Å². The van der Waals surface area contributed by atoms with Gasteiger partial charge in [-0.05, 0) is 30.3 Å². The Bertz CT molecular complexity index is 1000. The molecule has 3 rings (SSSR count). The van der Waals surface area contributed by atoms with Crippen molar-refractivity contribution in [2.24, 2.45) is 0 Å². The van der Waals surface area contributed by atoms with Crippen molar-refractivity contribution in [1.82, 2.24) is 14.9 Å². The quantitative estimate of drug-likeness (QED) is 0.656. The summed E-state index contributed by atoms with van der Waals surface area (Å²) in [5.41, 5.74) is 2.40. The number of para-hydroxylation sites is 2. The lowest BCUT2D eigenvalue weighted by atomic mass is 10.2. The Morgan fingerprint density at radius 2 is 1.96 bits per heavy atom. The Labute approximate surface area is 158 Å². The zero-order valence-corrected chi connectivity index (χ0v) is 15.4. The number of carbonyl (C=O) groups is 1. The summed E-state index contributed by atoms with van der Waals surface area (Å²) in [6, 6.07) is 12.9. The smallest absolute Gasteiger partial charge is 0.251 e. The van der Waals surface area contributed by atoms with E-state index in [4.69, 9.17) is 15.9 Å². The van der Waals surface area contributed by atoms with Crippen molar-refractivity contribution in [3.63, 3.8) is 0 Å². The van der Waals surface area contributed by atoms with Crippen LogP contribution in [0.3, 0.4) is 0 Å². The van der Waals surface area contributed by atoms with E-state index in [2.05, 4.69) is 16.2 Å². The van der Waals surface area contributed by atoms with Crippen LogP contribution < -0.4 is 14.8 Å². The summed E-state index contributed by atoms with van der Waals surface area (Å²) in [7, 11) is 3.09. The highest BCUT2D eigenvalue weighted by Gasteiger charge is 2.12. The number of nitrogens with one attached hydrogen (secondary N) is 1. The van der Waals surface area contributed by atoms with Crippen LogP contribution in [0.4, 0.5) is 0 Å². The van der Waals surface area contributed by atoms with E-state index in [0.717, 1.165) is 16.9 Å². The molecule has 0 aliphatic heterocycles. The van der Waals surface area contributed by atoms with Gasteiger partial charge in [0, 0.05) is 18.5 Å². The van der Waals surface area contributed by atoms with E-state index in [-0.39, 0.29) is 5.91 Å². The van der Waals surface area contributed by atoms with Crippen LogP contribution in [0.2, 0.25) is 0 Å². The number of carbonyl (C=O) groups excluding carboxylic acids is 1. The maximum Gasteiger partial charge on any atom is 0.251 e. The molecule has 0 radical (unpaired) electrons. The van der Waals surface area contributed by atoms with E-state index in [9.17, 15) is 4.79 Å². The SMILES string of the molecule is C#CCn1c(CCNC(=O)c2ccc(OC)c(OC)c2)nc2ccccc21. The van der Waals surface area contributed by atoms with Crippen LogP contribution in [-0.2, 0) is 13.0 Å². The second-order valence-electron chi connectivity index (χ2n) is 5.88. The standard InChI is InChI=1S/C21H21N3O3/c1-4-13-24-17-8-6-5-7-16(17)23-20(24)11-12-22-21(25)15-9-10-18(26-2)19(14-15)27-3/h1,5-10,14H,11-13H2,2-3H3,(H,22,25). The minimum absolute atomic E-state index is 0.185. The van der Waals surface area contributed by atoms with Gasteiger partial charge in [-0.3, -0.25) is 4.79 Å². The van der Waals surface area contributed by atoms with E-state index < -0.39 is 0 Å². The Hall–Kier alpha value is -3.46. The lowest BCUT2D eigenvalue weighted by molar-refractivity contribution is 0.0953. The predicted octanol–water partition coefficient (Wildman–Crippen LogP) is 2.66. The highest BCUT2D eigenvalue weighted by molar-refractivity contribution is 5.94. The van der Waals surface area contributed by atoms with Crippen LogP contribution in [0.25, 0.3) is 11.0 Å². The average molecular weight is 363 g/mol. The fourth-order valence-corrected chi connectivity index (χ4v) is 2.95. The zero-order valence-electron chi connectivity index (χ0n) is 15.4. The molecule has 1 N–H and O–H groups in total. The molecule has 6 nitrogen and oxygen atoms in total. The average Bonchev–Trinajstić information content (AvgIpc) is 3.05. The lowest BCUT2D eigenvalue weighted by Gasteiger charge is -2.10. The summed E-state index contributed by atoms with van der Waals surface area (Å²) in [4.78, 5) is 17.0. The Balaban J connectivity index is 1.70. The summed E-state index contributed by atoms with van der Waals surface area (Å²) in [6.45, 7) is 0.889. The predicted molar refractivity (Wildman–Crippen MR) is 104 cm³/mol. The molecule has 0 aliphatic carbocycles. The molecular formula is C21H21N3O3. The molecule has 0 fully saturated rings. The highest BCUT2D eigenvalue weighted by Crippen LogP contribution is 2.27. The van der Waals surface area contributed by atoms with Crippen LogP contribution >= 0.6 is 0 Å². The lowest BCUT2D eigenvalue weighted by Crippen LogP contribution is -2.26. The number of aromatic nitrogens is 2. The number of fused-ring (bicyclic) bond motifs is 1. The third-order valence-corrected chi connectivity index (χ3v) is 4.26. The number of ether oxygens (including phenoxy) is 2. The molecule has 3 aromatic rings. The van der Waals surface area contributed by atoms with Crippen molar-refractivity contribution in [1.29, 1.82) is 0 Å². The van der Waals surface area contributed by atoms with Gasteiger partial charge in [-0.1, -0.05) is 18.1 Å². The van der Waals surface area contributed by atoms with Gasteiger partial charge in [0.25, 0.3) is 5.91 Å². The zero-order chi connectivity index (χ0) is 19.2. The number of imidazole rings is 1. The molecule has 1 aromatic heterocycles. The normalized spacial score (nSPS) is 10.4. The van der Waals surface area contributed by atoms with Crippen LogP contribution in [-0.4, -0.2) is 36.2 Å². The first kappa shape index (κ1) is 18.3. The van der Waals surface area contributed by atoms with E-state index in [1.807, 2.05) is 28.8 Å². The van der Waals surface area contributed by atoms with Crippen molar-refractivity contribution in [3.8, 4) is 23.8 Å². The summed E-state index contributed by atoms with van der Waals surface area (Å²) < 4.78 is 12.4. The number of hydrogen-bond donors (Lipinski definition) is 1. The second-order valence-corrected chi connectivity index (χ2v) is 5.88. The van der Waals surface area contributed by atoms with Gasteiger partial charge in [0.05, 0.1) is 31.8 Å². The number of benzene rings is 2. The summed E-state index contributed by atoms with van der Waals surface area (Å²) >= 11 is 0. The van der Waals surface area contributed by atoms with E-state index in [1.165, 1.54) is 7.11 Å². The van der Waals surface area contributed by atoms with Gasteiger partial charge in [-0.2, -0.15) is 0 Å². The fourth-order valence-electron chi connectivity index (χ4n) is 2.95. The molecule has 0 bridgehead atoms. The number of rotatable bonds is 7. The van der Waals surface area contributed by atoms with Gasteiger partial charge in [0.15, 0.2) is 11.5 Å². The molecule has 2 aromatic carbocycles. The minimum atomic E-state index is -0.185. The third-order valence-electron chi connectivity index (χ3n) is 4.26. The van der Waals surface area contributed by atoms with Gasteiger partial charge >= 0.3 is 0 Å². The van der Waals surface area contributed by atoms with Gasteiger partial charge < -0.3 is 19.4 Å². The Morgan fingerprint density at radius 1 is 1.19 bits per heavy atom. The van der Waals surface area contributed by atoms with Gasteiger partial charge in [0.2, 0.25) is 0 Å². The first-order valence-corrected chi connectivity index (χ1v) is 8.55. The monoisotopic (exact) mass is 363 g/mol.